The van der Waals surface area contributed by atoms with E-state index in [1.807, 2.05) is 0 Å². The van der Waals surface area contributed by atoms with Gasteiger partial charge in [-0.15, -0.1) is 0 Å². The molecule has 7 N–H and O–H groups in total. The standard InChI is InChI=1S/C36H56O11/c1-31(2)11-13-36(30(44)45)14-12-33(4)18(19(36)15-31)7-8-22-32(3)16-20(38)27(35(6,29(42)43)23(32)9-10-34(22,33)5)47-28-26(41)25(40)24(39)21(17-37)46-28/h7,19-28,37-41H,8-17H2,1-6H3,(H,42,43)(H,44,45)/t19-,20-,21+,22-,23?,24-,25-,26+,27-,28-,32+,33+,34+,35?,36-/m0/s1. The number of carboxylic acid groups (broad SMARTS) is 2. The van der Waals surface area contributed by atoms with Crippen molar-refractivity contribution in [2.24, 2.45) is 50.2 Å². The second-order valence-electron chi connectivity index (χ2n) is 17.8. The van der Waals surface area contributed by atoms with Crippen LogP contribution < -0.4 is 0 Å². The molecule has 15 atom stereocenters. The van der Waals surface area contributed by atoms with Crippen molar-refractivity contribution in [2.45, 2.75) is 142 Å². The molecule has 0 aromatic heterocycles. The van der Waals surface area contributed by atoms with E-state index < -0.39 is 83.6 Å². The first-order valence-corrected chi connectivity index (χ1v) is 17.5. The monoisotopic (exact) mass is 664 g/mol. The number of fused-ring (bicyclic) bond motifs is 7. The molecule has 1 saturated heterocycles. The van der Waals surface area contributed by atoms with Crippen LogP contribution >= 0.6 is 0 Å². The lowest BCUT2D eigenvalue weighted by molar-refractivity contribution is -0.340. The molecule has 0 aromatic rings. The zero-order valence-electron chi connectivity index (χ0n) is 28.7. The third-order valence-corrected chi connectivity index (χ3v) is 15.2. The SMILES string of the molecule is CC1(C)CC[C@]2(C(=O)O)CC[C@]3(C)C(=CC[C@H]4[C@@]5(C)C[C@H](O)[C@H](O[C@@H]6O[C@H](CO)[C@H](O)[C@H](O)[C@H]6O)C(C)(C(=O)O)C5CC[C@]43C)[C@@H]2C1. The largest absolute Gasteiger partial charge is 0.481 e. The van der Waals surface area contributed by atoms with Gasteiger partial charge < -0.3 is 45.2 Å². The molecular weight excluding hydrogens is 608 g/mol. The highest BCUT2D eigenvalue weighted by molar-refractivity contribution is 5.77. The summed E-state index contributed by atoms with van der Waals surface area (Å²) in [5.74, 6) is -2.29. The number of carbonyl (C=O) groups is 2. The highest BCUT2D eigenvalue weighted by atomic mass is 16.7. The molecule has 5 aliphatic carbocycles. The quantitative estimate of drug-likeness (QED) is 0.169. The molecule has 0 spiro atoms. The first-order valence-electron chi connectivity index (χ1n) is 17.5. The molecule has 6 rings (SSSR count). The molecule has 0 bridgehead atoms. The summed E-state index contributed by atoms with van der Waals surface area (Å²) in [7, 11) is 0. The van der Waals surface area contributed by atoms with E-state index in [1.54, 1.807) is 6.92 Å². The number of aliphatic carboxylic acids is 2. The second-order valence-corrected chi connectivity index (χ2v) is 17.8. The molecule has 266 valence electrons. The number of rotatable bonds is 5. The van der Waals surface area contributed by atoms with Gasteiger partial charge in [-0.3, -0.25) is 9.59 Å². The van der Waals surface area contributed by atoms with Crippen LogP contribution in [0.1, 0.15) is 99.3 Å². The fraction of sp³-hybridized carbons (Fsp3) is 0.889. The number of hydrogen-bond donors (Lipinski definition) is 7. The summed E-state index contributed by atoms with van der Waals surface area (Å²) in [5.41, 5.74) is -2.22. The van der Waals surface area contributed by atoms with Gasteiger partial charge in [0.05, 0.1) is 23.5 Å². The van der Waals surface area contributed by atoms with E-state index >= 15 is 0 Å². The van der Waals surface area contributed by atoms with E-state index in [0.29, 0.717) is 25.7 Å². The average Bonchev–Trinajstić information content (AvgIpc) is 2.98. The lowest BCUT2D eigenvalue weighted by Gasteiger charge is -2.71. The summed E-state index contributed by atoms with van der Waals surface area (Å²) >= 11 is 0. The molecule has 11 nitrogen and oxygen atoms in total. The van der Waals surface area contributed by atoms with Crippen LogP contribution in [-0.4, -0.2) is 97.2 Å². The summed E-state index contributed by atoms with van der Waals surface area (Å²) in [6, 6.07) is 0. The van der Waals surface area contributed by atoms with Crippen molar-refractivity contribution in [1.29, 1.82) is 0 Å². The van der Waals surface area contributed by atoms with Crippen LogP contribution in [0.5, 0.6) is 0 Å². The van der Waals surface area contributed by atoms with Crippen molar-refractivity contribution in [3.8, 4) is 0 Å². The van der Waals surface area contributed by atoms with Crippen molar-refractivity contribution in [3.63, 3.8) is 0 Å². The molecule has 1 aliphatic heterocycles. The number of carboxylic acids is 2. The maximum atomic E-state index is 13.3. The predicted octanol–water partition coefficient (Wildman–Crippen LogP) is 3.09. The van der Waals surface area contributed by atoms with E-state index in [9.17, 15) is 45.3 Å². The third-order valence-electron chi connectivity index (χ3n) is 15.2. The molecule has 2 unspecified atom stereocenters. The van der Waals surface area contributed by atoms with Crippen LogP contribution in [0.15, 0.2) is 11.6 Å². The summed E-state index contributed by atoms with van der Waals surface area (Å²) < 4.78 is 11.7. The molecule has 0 aromatic carbocycles. The van der Waals surface area contributed by atoms with Crippen molar-refractivity contribution in [3.05, 3.63) is 11.6 Å². The van der Waals surface area contributed by atoms with Crippen molar-refractivity contribution < 1.29 is 54.8 Å². The highest BCUT2D eigenvalue weighted by Gasteiger charge is 2.72. The lowest BCUT2D eigenvalue weighted by Crippen LogP contribution is -2.70. The molecule has 0 radical (unpaired) electrons. The number of ether oxygens (including phenoxy) is 2. The minimum atomic E-state index is -1.73. The van der Waals surface area contributed by atoms with Gasteiger partial charge in [0.15, 0.2) is 6.29 Å². The number of allylic oxidation sites excluding steroid dienone is 2. The zero-order valence-corrected chi connectivity index (χ0v) is 28.7. The maximum Gasteiger partial charge on any atom is 0.312 e. The summed E-state index contributed by atoms with van der Waals surface area (Å²) in [6.07, 6.45) is -2.13. The van der Waals surface area contributed by atoms with E-state index in [1.165, 1.54) is 5.57 Å². The predicted molar refractivity (Wildman–Crippen MR) is 169 cm³/mol. The van der Waals surface area contributed by atoms with Crippen LogP contribution in [0.25, 0.3) is 0 Å². The average molecular weight is 665 g/mol. The normalized spacial score (nSPS) is 53.8. The molecule has 1 heterocycles. The van der Waals surface area contributed by atoms with Crippen LogP contribution in [-0.2, 0) is 19.1 Å². The Hall–Kier alpha value is -1.60. The summed E-state index contributed by atoms with van der Waals surface area (Å²) in [5, 5.41) is 74.4. The van der Waals surface area contributed by atoms with Gasteiger partial charge >= 0.3 is 11.9 Å². The fourth-order valence-electron chi connectivity index (χ4n) is 12.2. The maximum absolute atomic E-state index is 13.3. The van der Waals surface area contributed by atoms with Gasteiger partial charge in [0.25, 0.3) is 0 Å². The first kappa shape index (κ1) is 35.2. The molecule has 0 amide bonds. The van der Waals surface area contributed by atoms with Gasteiger partial charge in [0.2, 0.25) is 0 Å². The molecule has 4 saturated carbocycles. The van der Waals surface area contributed by atoms with Crippen molar-refractivity contribution >= 4 is 11.9 Å². The molecule has 11 heteroatoms. The van der Waals surface area contributed by atoms with E-state index in [0.717, 1.165) is 25.7 Å². The Morgan fingerprint density at radius 3 is 2.13 bits per heavy atom. The summed E-state index contributed by atoms with van der Waals surface area (Å²) in [6.45, 7) is 12.1. The van der Waals surface area contributed by atoms with Gasteiger partial charge in [-0.2, -0.15) is 0 Å². The molecule has 47 heavy (non-hydrogen) atoms. The van der Waals surface area contributed by atoms with E-state index in [2.05, 4.69) is 40.7 Å². The Balaban J connectivity index is 1.36. The Labute approximate surface area is 277 Å². The zero-order chi connectivity index (χ0) is 34.7. The summed E-state index contributed by atoms with van der Waals surface area (Å²) in [4.78, 5) is 26.3. The third kappa shape index (κ3) is 4.69. The van der Waals surface area contributed by atoms with Gasteiger partial charge in [-0.05, 0) is 104 Å². The first-order chi connectivity index (χ1) is 21.7. The fourth-order valence-corrected chi connectivity index (χ4v) is 12.2. The minimum absolute atomic E-state index is 0.0120. The van der Waals surface area contributed by atoms with Crippen molar-refractivity contribution in [1.82, 2.24) is 0 Å². The number of hydrogen-bond acceptors (Lipinski definition) is 9. The van der Waals surface area contributed by atoms with Crippen LogP contribution in [0.3, 0.4) is 0 Å². The van der Waals surface area contributed by atoms with Gasteiger partial charge in [-0.25, -0.2) is 0 Å². The Kier molecular flexibility index (Phi) is 8.40. The number of aliphatic hydroxyl groups is 5. The van der Waals surface area contributed by atoms with Gasteiger partial charge in [-0.1, -0.05) is 46.3 Å². The Morgan fingerprint density at radius 2 is 1.51 bits per heavy atom. The van der Waals surface area contributed by atoms with Crippen molar-refractivity contribution in [2.75, 3.05) is 6.61 Å². The Morgan fingerprint density at radius 1 is 0.851 bits per heavy atom. The molecule has 6 aliphatic rings. The van der Waals surface area contributed by atoms with Crippen LogP contribution in [0, 0.1) is 50.2 Å². The smallest absolute Gasteiger partial charge is 0.312 e. The minimum Gasteiger partial charge on any atom is -0.481 e. The molecular formula is C36H56O11. The lowest BCUT2D eigenvalue weighted by atomic mass is 9.33. The van der Waals surface area contributed by atoms with E-state index in [-0.39, 0.29) is 34.5 Å². The number of aliphatic hydroxyl groups excluding tert-OH is 5. The Bertz CT molecular complexity index is 1310. The topological polar surface area (TPSA) is 194 Å². The second kappa shape index (κ2) is 11.2. The highest BCUT2D eigenvalue weighted by Crippen LogP contribution is 2.76. The van der Waals surface area contributed by atoms with Crippen LogP contribution in [0.2, 0.25) is 0 Å². The van der Waals surface area contributed by atoms with Crippen LogP contribution in [0.4, 0.5) is 0 Å². The van der Waals surface area contributed by atoms with Gasteiger partial charge in [0, 0.05) is 0 Å². The van der Waals surface area contributed by atoms with Gasteiger partial charge in [0.1, 0.15) is 30.5 Å². The molecule has 5 fully saturated rings. The van der Waals surface area contributed by atoms with E-state index in [4.69, 9.17) is 9.47 Å².